The van der Waals surface area contributed by atoms with Crippen LogP contribution in [0.3, 0.4) is 0 Å². The summed E-state index contributed by atoms with van der Waals surface area (Å²) in [5.41, 5.74) is 0. The number of aryl methyl sites for hydroxylation is 2. The van der Waals surface area contributed by atoms with Crippen LogP contribution in [0.25, 0.3) is 0 Å². The molecule has 2 aliphatic carbocycles. The van der Waals surface area contributed by atoms with Crippen molar-refractivity contribution in [3.05, 3.63) is 11.6 Å². The lowest BCUT2D eigenvalue weighted by molar-refractivity contribution is -0.124. The first-order chi connectivity index (χ1) is 12.1. The van der Waals surface area contributed by atoms with E-state index in [1.54, 1.807) is 0 Å². The van der Waals surface area contributed by atoms with Gasteiger partial charge in [-0.15, -0.1) is 0 Å². The Morgan fingerprint density at radius 3 is 2.48 bits per heavy atom. The third kappa shape index (κ3) is 4.22. The summed E-state index contributed by atoms with van der Waals surface area (Å²) in [5.74, 6) is 3.54. The third-order valence-corrected chi connectivity index (χ3v) is 6.03. The summed E-state index contributed by atoms with van der Waals surface area (Å²) < 4.78 is 2.01. The highest BCUT2D eigenvalue weighted by Crippen LogP contribution is 2.44. The van der Waals surface area contributed by atoms with E-state index in [0.717, 1.165) is 43.0 Å². The predicted molar refractivity (Wildman–Crippen MR) is 96.1 cm³/mol. The summed E-state index contributed by atoms with van der Waals surface area (Å²) in [5, 5.41) is 7.88. The molecule has 1 saturated heterocycles. The zero-order valence-electron chi connectivity index (χ0n) is 15.6. The van der Waals surface area contributed by atoms with E-state index in [0.29, 0.717) is 18.6 Å². The highest BCUT2D eigenvalue weighted by atomic mass is 16.2. The Morgan fingerprint density at radius 2 is 1.88 bits per heavy atom. The molecule has 1 aromatic heterocycles. The van der Waals surface area contributed by atoms with Gasteiger partial charge in [0.1, 0.15) is 11.6 Å². The fraction of sp³-hybridized carbons (Fsp3) is 0.842. The number of hydrogen-bond donors (Lipinski definition) is 1. The van der Waals surface area contributed by atoms with Gasteiger partial charge in [-0.3, -0.25) is 9.69 Å². The molecule has 0 radical (unpaired) electrons. The van der Waals surface area contributed by atoms with Gasteiger partial charge in [-0.25, -0.2) is 9.67 Å². The molecule has 6 heteroatoms. The first-order valence-corrected chi connectivity index (χ1v) is 10.0. The number of aromatic nitrogens is 3. The number of amides is 1. The molecule has 1 N–H and O–H groups in total. The molecule has 25 heavy (non-hydrogen) atoms. The molecule has 0 unspecified atom stereocenters. The average molecular weight is 345 g/mol. The average Bonchev–Trinajstić information content (AvgIpc) is 3.47. The van der Waals surface area contributed by atoms with Gasteiger partial charge in [-0.1, -0.05) is 6.42 Å². The lowest BCUT2D eigenvalue weighted by atomic mass is 10.0. The number of rotatable bonds is 7. The molecule has 6 nitrogen and oxygen atoms in total. The van der Waals surface area contributed by atoms with E-state index < -0.39 is 0 Å². The molecule has 1 amide bonds. The lowest BCUT2D eigenvalue weighted by Gasteiger charge is -2.35. The van der Waals surface area contributed by atoms with Crippen molar-refractivity contribution in [1.29, 1.82) is 0 Å². The molecule has 1 atom stereocenters. The van der Waals surface area contributed by atoms with Gasteiger partial charge in [-0.2, -0.15) is 5.10 Å². The van der Waals surface area contributed by atoms with E-state index >= 15 is 0 Å². The van der Waals surface area contributed by atoms with E-state index in [9.17, 15) is 4.79 Å². The Morgan fingerprint density at radius 1 is 1.16 bits per heavy atom. The molecular weight excluding hydrogens is 314 g/mol. The summed E-state index contributed by atoms with van der Waals surface area (Å²) in [6, 6.07) is 0.843. The van der Waals surface area contributed by atoms with Gasteiger partial charge < -0.3 is 5.32 Å². The summed E-state index contributed by atoms with van der Waals surface area (Å²) in [4.78, 5) is 19.4. The Kier molecular flexibility index (Phi) is 4.80. The standard InChI is InChI=1S/C19H31N5O/c1-13-20-14(2)24(22-13)11-17-5-3-4-10-23(17)12-18(25)21-19(15-6-7-15)16-8-9-16/h15-17,19H,3-12H2,1-2H3,(H,21,25)/t17-/m1/s1. The molecule has 0 bridgehead atoms. The topological polar surface area (TPSA) is 63.1 Å². The molecule has 3 aliphatic rings. The van der Waals surface area contributed by atoms with Crippen LogP contribution in [0.5, 0.6) is 0 Å². The monoisotopic (exact) mass is 345 g/mol. The molecule has 0 spiro atoms. The number of carbonyl (C=O) groups excluding carboxylic acids is 1. The Labute approximate surface area is 150 Å². The third-order valence-electron chi connectivity index (χ3n) is 6.03. The number of hydrogen-bond acceptors (Lipinski definition) is 4. The number of nitrogens with one attached hydrogen (secondary N) is 1. The van der Waals surface area contributed by atoms with Crippen molar-refractivity contribution in [3.8, 4) is 0 Å². The van der Waals surface area contributed by atoms with Crippen LogP contribution in [0.4, 0.5) is 0 Å². The largest absolute Gasteiger partial charge is 0.352 e. The molecule has 4 rings (SSSR count). The van der Waals surface area contributed by atoms with E-state index in [1.807, 2.05) is 18.5 Å². The molecule has 2 heterocycles. The Balaban J connectivity index is 1.35. The maximum atomic E-state index is 12.7. The Hall–Kier alpha value is -1.43. The highest BCUT2D eigenvalue weighted by Gasteiger charge is 2.42. The van der Waals surface area contributed by atoms with Crippen LogP contribution in [-0.4, -0.2) is 50.7 Å². The van der Waals surface area contributed by atoms with Crippen molar-refractivity contribution in [2.45, 2.75) is 77.4 Å². The van der Waals surface area contributed by atoms with Crippen LogP contribution < -0.4 is 5.32 Å². The van der Waals surface area contributed by atoms with Gasteiger partial charge in [0.15, 0.2) is 0 Å². The molecule has 0 aromatic carbocycles. The zero-order valence-corrected chi connectivity index (χ0v) is 15.6. The Bertz CT molecular complexity index is 607. The maximum Gasteiger partial charge on any atom is 0.234 e. The summed E-state index contributed by atoms with van der Waals surface area (Å²) in [7, 11) is 0. The highest BCUT2D eigenvalue weighted by molar-refractivity contribution is 5.78. The maximum absolute atomic E-state index is 12.7. The second kappa shape index (κ2) is 7.06. The number of likely N-dealkylation sites (tertiary alicyclic amines) is 1. The van der Waals surface area contributed by atoms with Crippen molar-refractivity contribution < 1.29 is 4.79 Å². The number of nitrogens with zero attached hydrogens (tertiary/aromatic N) is 4. The van der Waals surface area contributed by atoms with Gasteiger partial charge in [0.05, 0.1) is 13.1 Å². The second-order valence-corrected chi connectivity index (χ2v) is 8.28. The van der Waals surface area contributed by atoms with Crippen molar-refractivity contribution >= 4 is 5.91 Å². The van der Waals surface area contributed by atoms with Crippen LogP contribution >= 0.6 is 0 Å². The van der Waals surface area contributed by atoms with Gasteiger partial charge >= 0.3 is 0 Å². The summed E-state index contributed by atoms with van der Waals surface area (Å²) in [6.07, 6.45) is 8.78. The molecule has 2 saturated carbocycles. The van der Waals surface area contributed by atoms with E-state index in [1.165, 1.54) is 38.5 Å². The van der Waals surface area contributed by atoms with Gasteiger partial charge in [-0.05, 0) is 70.8 Å². The van der Waals surface area contributed by atoms with Crippen LogP contribution in [0.2, 0.25) is 0 Å². The molecular formula is C19H31N5O. The normalized spacial score (nSPS) is 24.7. The quantitative estimate of drug-likeness (QED) is 0.821. The second-order valence-electron chi connectivity index (χ2n) is 8.28. The van der Waals surface area contributed by atoms with E-state index in [4.69, 9.17) is 0 Å². The summed E-state index contributed by atoms with van der Waals surface area (Å²) >= 11 is 0. The van der Waals surface area contributed by atoms with E-state index in [2.05, 4.69) is 20.3 Å². The number of piperidine rings is 1. The van der Waals surface area contributed by atoms with Crippen LogP contribution in [-0.2, 0) is 11.3 Å². The van der Waals surface area contributed by atoms with Gasteiger partial charge in [0.25, 0.3) is 0 Å². The van der Waals surface area contributed by atoms with Crippen LogP contribution in [0.1, 0.15) is 56.6 Å². The van der Waals surface area contributed by atoms with Crippen molar-refractivity contribution in [3.63, 3.8) is 0 Å². The van der Waals surface area contributed by atoms with Crippen molar-refractivity contribution in [2.75, 3.05) is 13.1 Å². The number of carbonyl (C=O) groups is 1. The van der Waals surface area contributed by atoms with Crippen LogP contribution in [0.15, 0.2) is 0 Å². The fourth-order valence-electron chi connectivity index (χ4n) is 4.36. The van der Waals surface area contributed by atoms with Crippen molar-refractivity contribution in [1.82, 2.24) is 25.0 Å². The summed E-state index contributed by atoms with van der Waals surface area (Å²) in [6.45, 7) is 6.34. The first kappa shape index (κ1) is 17.0. The SMILES string of the molecule is Cc1nc(C)n(C[C@H]2CCCCN2CC(=O)NC(C2CC2)C2CC2)n1. The van der Waals surface area contributed by atoms with Gasteiger partial charge in [0, 0.05) is 12.1 Å². The molecule has 1 aromatic rings. The van der Waals surface area contributed by atoms with E-state index in [-0.39, 0.29) is 5.91 Å². The minimum atomic E-state index is 0.224. The minimum Gasteiger partial charge on any atom is -0.352 e. The smallest absolute Gasteiger partial charge is 0.234 e. The molecule has 1 aliphatic heterocycles. The predicted octanol–water partition coefficient (Wildman–Crippen LogP) is 2.05. The molecule has 3 fully saturated rings. The fourth-order valence-corrected chi connectivity index (χ4v) is 4.36. The minimum absolute atomic E-state index is 0.224. The first-order valence-electron chi connectivity index (χ1n) is 10.0. The van der Waals surface area contributed by atoms with Crippen molar-refractivity contribution in [2.24, 2.45) is 11.8 Å². The molecule has 138 valence electrons. The van der Waals surface area contributed by atoms with Crippen LogP contribution in [0, 0.1) is 25.7 Å². The lowest BCUT2D eigenvalue weighted by Crippen LogP contribution is -2.49. The zero-order chi connectivity index (χ0) is 17.4. The van der Waals surface area contributed by atoms with Gasteiger partial charge in [0.2, 0.25) is 5.91 Å².